The highest BCUT2D eigenvalue weighted by atomic mass is 16.5. The van der Waals surface area contributed by atoms with Gasteiger partial charge in [-0.25, -0.2) is 0 Å². The Morgan fingerprint density at radius 2 is 1.12 bits per heavy atom. The molecule has 0 rings (SSSR count). The zero-order valence-corrected chi connectivity index (χ0v) is 17.0. The van der Waals surface area contributed by atoms with Crippen molar-refractivity contribution in [3.05, 3.63) is 12.8 Å². The van der Waals surface area contributed by atoms with E-state index in [1.165, 1.54) is 89.7 Å². The van der Waals surface area contributed by atoms with Crippen LogP contribution in [0.2, 0.25) is 0 Å². The van der Waals surface area contributed by atoms with Crippen LogP contribution in [0.4, 0.5) is 0 Å². The van der Waals surface area contributed by atoms with Crippen LogP contribution in [0.15, 0.2) is 12.8 Å². The molecule has 0 saturated carbocycles. The Bertz CT molecular complexity index is 264. The van der Waals surface area contributed by atoms with Crippen LogP contribution < -0.4 is 5.11 Å². The van der Waals surface area contributed by atoms with Gasteiger partial charge in [0, 0.05) is 5.97 Å². The first-order valence-corrected chi connectivity index (χ1v) is 10.6. The second kappa shape index (κ2) is 25.3. The summed E-state index contributed by atoms with van der Waals surface area (Å²) in [7, 11) is 0. The van der Waals surface area contributed by atoms with Crippen molar-refractivity contribution < 1.29 is 14.6 Å². The molecule has 0 saturated heterocycles. The molecule has 0 heterocycles. The molecule has 0 aromatic carbocycles. The molecular formula is C22H43O3-. The summed E-state index contributed by atoms with van der Waals surface area (Å²) < 4.78 is 4.60. The second-order valence-corrected chi connectivity index (χ2v) is 6.69. The molecule has 3 heteroatoms. The number of carbonyl (C=O) groups is 1. The minimum absolute atomic E-state index is 0.234. The van der Waals surface area contributed by atoms with Crippen molar-refractivity contribution in [3.63, 3.8) is 0 Å². The largest absolute Gasteiger partial charge is 0.550 e. The lowest BCUT2D eigenvalue weighted by molar-refractivity contribution is -0.305. The van der Waals surface area contributed by atoms with E-state index in [0.29, 0.717) is 0 Å². The summed E-state index contributed by atoms with van der Waals surface area (Å²) >= 11 is 0. The lowest BCUT2D eigenvalue weighted by atomic mass is 10.0. The van der Waals surface area contributed by atoms with Gasteiger partial charge in [-0.2, -0.15) is 0 Å². The molecule has 0 aliphatic carbocycles. The number of ether oxygens (including phenoxy) is 1. The third kappa shape index (κ3) is 31.3. The predicted molar refractivity (Wildman–Crippen MR) is 106 cm³/mol. The molecule has 0 bridgehead atoms. The molecule has 25 heavy (non-hydrogen) atoms. The van der Waals surface area contributed by atoms with Crippen molar-refractivity contribution in [2.75, 3.05) is 6.61 Å². The van der Waals surface area contributed by atoms with E-state index < -0.39 is 5.97 Å². The molecule has 0 unspecified atom stereocenters. The number of aliphatic carboxylic acids is 1. The fourth-order valence-electron chi connectivity index (χ4n) is 2.76. The molecule has 0 fully saturated rings. The van der Waals surface area contributed by atoms with E-state index in [9.17, 15) is 9.90 Å². The van der Waals surface area contributed by atoms with E-state index in [2.05, 4.69) is 18.2 Å². The standard InChI is InChI=1S/C18H36O2.C4H8O/c1-2-3-4-5-6-7-8-9-10-11-12-13-14-15-16-17-18(19)20;1-3-5-4-2/h2-17H2,1H3,(H,19,20);3H,1,4H2,2H3/p-1. The Morgan fingerprint density at radius 3 is 1.36 bits per heavy atom. The molecule has 0 N–H and O–H groups in total. The first kappa shape index (κ1) is 26.2. The monoisotopic (exact) mass is 355 g/mol. The van der Waals surface area contributed by atoms with Crippen LogP contribution in [0.3, 0.4) is 0 Å². The summed E-state index contributed by atoms with van der Waals surface area (Å²) in [6.07, 6.45) is 21.3. The van der Waals surface area contributed by atoms with E-state index in [4.69, 9.17) is 0 Å². The van der Waals surface area contributed by atoms with Crippen LogP contribution in [-0.4, -0.2) is 12.6 Å². The van der Waals surface area contributed by atoms with E-state index in [1.807, 2.05) is 6.92 Å². The van der Waals surface area contributed by atoms with Crippen molar-refractivity contribution in [1.29, 1.82) is 0 Å². The van der Waals surface area contributed by atoms with Gasteiger partial charge < -0.3 is 14.6 Å². The van der Waals surface area contributed by atoms with Crippen molar-refractivity contribution >= 4 is 5.97 Å². The normalized spacial score (nSPS) is 10.0. The quantitative estimate of drug-likeness (QED) is 0.218. The van der Waals surface area contributed by atoms with E-state index in [-0.39, 0.29) is 6.42 Å². The zero-order chi connectivity index (χ0) is 19.0. The molecule has 0 aromatic heterocycles. The minimum atomic E-state index is -0.903. The van der Waals surface area contributed by atoms with Gasteiger partial charge >= 0.3 is 0 Å². The highest BCUT2D eigenvalue weighted by molar-refractivity contribution is 5.63. The number of carboxylic acids is 1. The average Bonchev–Trinajstić information content (AvgIpc) is 2.59. The lowest BCUT2D eigenvalue weighted by Gasteiger charge is -2.04. The van der Waals surface area contributed by atoms with Gasteiger partial charge in [-0.1, -0.05) is 103 Å². The van der Waals surface area contributed by atoms with Gasteiger partial charge in [0.05, 0.1) is 12.9 Å². The molecule has 0 aromatic rings. The molecule has 0 spiro atoms. The highest BCUT2D eigenvalue weighted by Gasteiger charge is 1.94. The number of carboxylic acid groups (broad SMARTS) is 1. The number of rotatable bonds is 18. The maximum Gasteiger partial charge on any atom is 0.0844 e. The molecule has 0 amide bonds. The fourth-order valence-corrected chi connectivity index (χ4v) is 2.76. The smallest absolute Gasteiger partial charge is 0.0844 e. The maximum atomic E-state index is 10.2. The van der Waals surface area contributed by atoms with Crippen LogP contribution in [0.1, 0.15) is 117 Å². The molecule has 3 nitrogen and oxygen atoms in total. The van der Waals surface area contributed by atoms with Crippen molar-refractivity contribution in [1.82, 2.24) is 0 Å². The molecule has 0 atom stereocenters. The molecule has 0 aliphatic rings. The molecule has 0 radical (unpaired) electrons. The van der Waals surface area contributed by atoms with Crippen LogP contribution in [0.25, 0.3) is 0 Å². The summed E-state index contributed by atoms with van der Waals surface area (Å²) in [6.45, 7) is 8.24. The van der Waals surface area contributed by atoms with Gasteiger partial charge in [0.1, 0.15) is 0 Å². The number of hydrogen-bond acceptors (Lipinski definition) is 3. The average molecular weight is 356 g/mol. The molecular weight excluding hydrogens is 312 g/mol. The summed E-state index contributed by atoms with van der Waals surface area (Å²) in [4.78, 5) is 10.2. The van der Waals surface area contributed by atoms with Crippen molar-refractivity contribution in [3.8, 4) is 0 Å². The predicted octanol–water partition coefficient (Wildman–Crippen LogP) is 6.16. The Morgan fingerprint density at radius 1 is 0.760 bits per heavy atom. The van der Waals surface area contributed by atoms with Gasteiger partial charge in [-0.3, -0.25) is 0 Å². The summed E-state index contributed by atoms with van der Waals surface area (Å²) in [5.41, 5.74) is 0. The van der Waals surface area contributed by atoms with E-state index >= 15 is 0 Å². The van der Waals surface area contributed by atoms with Gasteiger partial charge in [-0.15, -0.1) is 0 Å². The molecule has 150 valence electrons. The number of carbonyl (C=O) groups excluding carboxylic acids is 1. The minimum Gasteiger partial charge on any atom is -0.550 e. The second-order valence-electron chi connectivity index (χ2n) is 6.69. The van der Waals surface area contributed by atoms with Crippen molar-refractivity contribution in [2.45, 2.75) is 117 Å². The topological polar surface area (TPSA) is 49.4 Å². The Labute approximate surface area is 157 Å². The number of unbranched alkanes of at least 4 members (excludes halogenated alkanes) is 14. The Hall–Kier alpha value is -0.990. The summed E-state index contributed by atoms with van der Waals surface area (Å²) in [5, 5.41) is 10.2. The third-order valence-corrected chi connectivity index (χ3v) is 4.27. The van der Waals surface area contributed by atoms with E-state index in [0.717, 1.165) is 19.4 Å². The van der Waals surface area contributed by atoms with Crippen LogP contribution in [0.5, 0.6) is 0 Å². The zero-order valence-electron chi connectivity index (χ0n) is 17.0. The van der Waals surface area contributed by atoms with Crippen LogP contribution in [-0.2, 0) is 9.53 Å². The van der Waals surface area contributed by atoms with Crippen molar-refractivity contribution in [2.24, 2.45) is 0 Å². The third-order valence-electron chi connectivity index (χ3n) is 4.27. The fraction of sp³-hybridized carbons (Fsp3) is 0.864. The summed E-state index contributed by atoms with van der Waals surface area (Å²) in [5.74, 6) is -0.903. The number of hydrogen-bond donors (Lipinski definition) is 0. The first-order chi connectivity index (χ1) is 12.2. The Kier molecular flexibility index (Phi) is 26.5. The first-order valence-electron chi connectivity index (χ1n) is 10.6. The molecule has 0 aliphatic heterocycles. The van der Waals surface area contributed by atoms with E-state index in [1.54, 1.807) is 0 Å². The maximum absolute atomic E-state index is 10.2. The highest BCUT2D eigenvalue weighted by Crippen LogP contribution is 2.13. The van der Waals surface area contributed by atoms with Crippen LogP contribution >= 0.6 is 0 Å². The lowest BCUT2D eigenvalue weighted by Crippen LogP contribution is -2.21. The van der Waals surface area contributed by atoms with Gasteiger partial charge in [0.2, 0.25) is 0 Å². The van der Waals surface area contributed by atoms with Crippen LogP contribution in [0, 0.1) is 0 Å². The van der Waals surface area contributed by atoms with Gasteiger partial charge in [0.25, 0.3) is 0 Å². The summed E-state index contributed by atoms with van der Waals surface area (Å²) in [6, 6.07) is 0. The Balaban J connectivity index is 0. The van der Waals surface area contributed by atoms with Gasteiger partial charge in [0.15, 0.2) is 0 Å². The van der Waals surface area contributed by atoms with Gasteiger partial charge in [-0.05, 0) is 19.8 Å². The SMILES string of the molecule is C=COCC.CCCCCCCCCCCCCCCCCC(=O)[O-].